The minimum Gasteiger partial charge on any atom is -0.478 e. The Morgan fingerprint density at radius 3 is 2.60 bits per heavy atom. The zero-order chi connectivity index (χ0) is 14.7. The molecule has 1 aromatic heterocycles. The van der Waals surface area contributed by atoms with Gasteiger partial charge in [0.2, 0.25) is 0 Å². The van der Waals surface area contributed by atoms with Crippen LogP contribution in [0.1, 0.15) is 54.0 Å². The molecule has 0 radical (unpaired) electrons. The number of rotatable bonds is 3. The topological polar surface area (TPSA) is 79.3 Å². The molecule has 3 unspecified atom stereocenters. The number of aromatic carboxylic acids is 1. The van der Waals surface area contributed by atoms with Gasteiger partial charge in [-0.15, -0.1) is 0 Å². The van der Waals surface area contributed by atoms with Crippen molar-refractivity contribution in [1.82, 2.24) is 10.3 Å². The van der Waals surface area contributed by atoms with Gasteiger partial charge < -0.3 is 10.4 Å². The molecule has 3 atom stereocenters. The average molecular weight is 276 g/mol. The van der Waals surface area contributed by atoms with Gasteiger partial charge >= 0.3 is 5.97 Å². The van der Waals surface area contributed by atoms with E-state index in [1.165, 1.54) is 18.3 Å². The molecule has 0 spiro atoms. The first-order chi connectivity index (χ1) is 9.47. The molecule has 0 bridgehead atoms. The predicted molar refractivity (Wildman–Crippen MR) is 74.6 cm³/mol. The molecular formula is C15H20N2O3. The molecule has 0 aromatic carbocycles. The van der Waals surface area contributed by atoms with Gasteiger partial charge in [0, 0.05) is 12.2 Å². The Morgan fingerprint density at radius 1 is 1.30 bits per heavy atom. The zero-order valence-corrected chi connectivity index (χ0v) is 11.8. The number of aromatic nitrogens is 1. The van der Waals surface area contributed by atoms with Crippen LogP contribution in [0, 0.1) is 11.8 Å². The molecule has 1 amide bonds. The van der Waals surface area contributed by atoms with Crippen LogP contribution >= 0.6 is 0 Å². The van der Waals surface area contributed by atoms with E-state index in [-0.39, 0.29) is 23.2 Å². The fourth-order valence-electron chi connectivity index (χ4n) is 2.78. The van der Waals surface area contributed by atoms with Crippen LogP contribution in [0.3, 0.4) is 0 Å². The van der Waals surface area contributed by atoms with Crippen molar-refractivity contribution in [3.05, 3.63) is 29.6 Å². The van der Waals surface area contributed by atoms with Gasteiger partial charge in [0.15, 0.2) is 0 Å². The summed E-state index contributed by atoms with van der Waals surface area (Å²) in [6.45, 7) is 4.39. The SMILES string of the molecule is CC1CCC(NC(=O)c2ccc(C(=O)O)cn2)C(C)C1. The molecule has 1 fully saturated rings. The van der Waals surface area contributed by atoms with E-state index in [0.717, 1.165) is 19.3 Å². The average Bonchev–Trinajstić information content (AvgIpc) is 2.42. The predicted octanol–water partition coefficient (Wildman–Crippen LogP) is 2.33. The van der Waals surface area contributed by atoms with Crippen molar-refractivity contribution in [3.8, 4) is 0 Å². The van der Waals surface area contributed by atoms with Crippen LogP contribution in [0.4, 0.5) is 0 Å². The second-order valence-corrected chi connectivity index (χ2v) is 5.71. The number of carboxylic acids is 1. The summed E-state index contributed by atoms with van der Waals surface area (Å²) in [5.41, 5.74) is 0.349. The number of carboxylic acid groups (broad SMARTS) is 1. The Balaban J connectivity index is 1.99. The van der Waals surface area contributed by atoms with Crippen molar-refractivity contribution >= 4 is 11.9 Å². The lowest BCUT2D eigenvalue weighted by Crippen LogP contribution is -2.42. The lowest BCUT2D eigenvalue weighted by molar-refractivity contribution is 0.0695. The number of hydrogen-bond donors (Lipinski definition) is 2. The van der Waals surface area contributed by atoms with E-state index >= 15 is 0 Å². The lowest BCUT2D eigenvalue weighted by Gasteiger charge is -2.33. The van der Waals surface area contributed by atoms with Crippen LogP contribution in [0.25, 0.3) is 0 Å². The van der Waals surface area contributed by atoms with E-state index in [4.69, 9.17) is 5.11 Å². The molecule has 1 aliphatic carbocycles. The van der Waals surface area contributed by atoms with Crippen LogP contribution in [-0.2, 0) is 0 Å². The second-order valence-electron chi connectivity index (χ2n) is 5.71. The van der Waals surface area contributed by atoms with Crippen LogP contribution in [-0.4, -0.2) is 28.0 Å². The van der Waals surface area contributed by atoms with Crippen molar-refractivity contribution in [2.24, 2.45) is 11.8 Å². The number of pyridine rings is 1. The quantitative estimate of drug-likeness (QED) is 0.888. The Labute approximate surface area is 118 Å². The van der Waals surface area contributed by atoms with E-state index < -0.39 is 5.97 Å². The summed E-state index contributed by atoms with van der Waals surface area (Å²) in [6.07, 6.45) is 4.45. The number of carbonyl (C=O) groups is 2. The maximum atomic E-state index is 12.1. The minimum absolute atomic E-state index is 0.0846. The summed E-state index contributed by atoms with van der Waals surface area (Å²) < 4.78 is 0. The van der Waals surface area contributed by atoms with Crippen molar-refractivity contribution in [2.75, 3.05) is 0 Å². The third-order valence-corrected chi connectivity index (χ3v) is 3.99. The molecule has 108 valence electrons. The van der Waals surface area contributed by atoms with Gasteiger partial charge in [-0.1, -0.05) is 13.8 Å². The van der Waals surface area contributed by atoms with Crippen molar-refractivity contribution in [2.45, 2.75) is 39.2 Å². The monoisotopic (exact) mass is 276 g/mol. The first kappa shape index (κ1) is 14.5. The number of amides is 1. The summed E-state index contributed by atoms with van der Waals surface area (Å²) in [4.78, 5) is 26.7. The highest BCUT2D eigenvalue weighted by atomic mass is 16.4. The molecule has 20 heavy (non-hydrogen) atoms. The Hall–Kier alpha value is -1.91. The minimum atomic E-state index is -1.04. The van der Waals surface area contributed by atoms with Crippen LogP contribution < -0.4 is 5.32 Å². The molecule has 0 aliphatic heterocycles. The maximum absolute atomic E-state index is 12.1. The van der Waals surface area contributed by atoms with Gasteiger partial charge in [0.25, 0.3) is 5.91 Å². The maximum Gasteiger partial charge on any atom is 0.337 e. The number of carbonyl (C=O) groups excluding carboxylic acids is 1. The van der Waals surface area contributed by atoms with E-state index in [1.807, 2.05) is 0 Å². The Morgan fingerprint density at radius 2 is 2.05 bits per heavy atom. The fourth-order valence-corrected chi connectivity index (χ4v) is 2.78. The third-order valence-electron chi connectivity index (χ3n) is 3.99. The van der Waals surface area contributed by atoms with Gasteiger partial charge in [0.1, 0.15) is 5.69 Å². The smallest absolute Gasteiger partial charge is 0.337 e. The summed E-state index contributed by atoms with van der Waals surface area (Å²) >= 11 is 0. The Kier molecular flexibility index (Phi) is 4.37. The molecule has 1 aliphatic rings. The first-order valence-corrected chi connectivity index (χ1v) is 6.97. The van der Waals surface area contributed by atoms with Crippen molar-refractivity contribution in [3.63, 3.8) is 0 Å². The Bertz CT molecular complexity index is 498. The molecule has 0 saturated heterocycles. The summed E-state index contributed by atoms with van der Waals surface area (Å²) in [7, 11) is 0. The zero-order valence-electron chi connectivity index (χ0n) is 11.8. The highest BCUT2D eigenvalue weighted by Crippen LogP contribution is 2.28. The third kappa shape index (κ3) is 3.35. The molecule has 2 N–H and O–H groups in total. The summed E-state index contributed by atoms with van der Waals surface area (Å²) in [5.74, 6) is -0.0974. The van der Waals surface area contributed by atoms with Gasteiger partial charge in [-0.05, 0) is 43.2 Å². The summed E-state index contributed by atoms with van der Waals surface area (Å²) in [5, 5.41) is 11.8. The largest absolute Gasteiger partial charge is 0.478 e. The number of hydrogen-bond acceptors (Lipinski definition) is 3. The van der Waals surface area contributed by atoms with Gasteiger partial charge in [-0.25, -0.2) is 4.79 Å². The van der Waals surface area contributed by atoms with Crippen LogP contribution in [0.2, 0.25) is 0 Å². The van der Waals surface area contributed by atoms with E-state index in [9.17, 15) is 9.59 Å². The molecule has 5 heteroatoms. The fraction of sp³-hybridized carbons (Fsp3) is 0.533. The van der Waals surface area contributed by atoms with E-state index in [0.29, 0.717) is 11.8 Å². The number of nitrogens with one attached hydrogen (secondary N) is 1. The molecule has 5 nitrogen and oxygen atoms in total. The normalized spacial score (nSPS) is 26.0. The van der Waals surface area contributed by atoms with Gasteiger partial charge in [-0.2, -0.15) is 0 Å². The highest BCUT2D eigenvalue weighted by Gasteiger charge is 2.27. The molecule has 1 aromatic rings. The standard InChI is InChI=1S/C15H20N2O3/c1-9-3-5-12(10(2)7-9)17-14(18)13-6-4-11(8-16-13)15(19)20/h4,6,8-10,12H,3,5,7H2,1-2H3,(H,17,18)(H,19,20). The van der Waals surface area contributed by atoms with Crippen LogP contribution in [0.15, 0.2) is 18.3 Å². The van der Waals surface area contributed by atoms with Crippen LogP contribution in [0.5, 0.6) is 0 Å². The van der Waals surface area contributed by atoms with Crippen molar-refractivity contribution in [1.29, 1.82) is 0 Å². The van der Waals surface area contributed by atoms with E-state index in [1.54, 1.807) is 0 Å². The number of nitrogens with zero attached hydrogens (tertiary/aromatic N) is 1. The second kappa shape index (κ2) is 6.03. The van der Waals surface area contributed by atoms with Crippen molar-refractivity contribution < 1.29 is 14.7 Å². The van der Waals surface area contributed by atoms with Gasteiger partial charge in [-0.3, -0.25) is 9.78 Å². The lowest BCUT2D eigenvalue weighted by atomic mass is 9.80. The first-order valence-electron chi connectivity index (χ1n) is 6.97. The molecular weight excluding hydrogens is 256 g/mol. The van der Waals surface area contributed by atoms with Gasteiger partial charge in [0.05, 0.1) is 5.56 Å². The van der Waals surface area contributed by atoms with E-state index in [2.05, 4.69) is 24.1 Å². The highest BCUT2D eigenvalue weighted by molar-refractivity contribution is 5.93. The molecule has 1 saturated carbocycles. The molecule has 2 rings (SSSR count). The summed E-state index contributed by atoms with van der Waals surface area (Å²) in [6, 6.07) is 3.03. The molecule has 1 heterocycles.